The lowest BCUT2D eigenvalue weighted by atomic mass is 9.87. The molecule has 0 unspecified atom stereocenters. The highest BCUT2D eigenvalue weighted by molar-refractivity contribution is 7.98. The van der Waals surface area contributed by atoms with Crippen LogP contribution >= 0.6 is 11.8 Å². The zero-order valence-electron chi connectivity index (χ0n) is 53.4. The van der Waals surface area contributed by atoms with Crippen LogP contribution in [0.3, 0.4) is 0 Å². The van der Waals surface area contributed by atoms with Crippen molar-refractivity contribution in [1.29, 1.82) is 0 Å². The molecule has 0 bridgehead atoms. The van der Waals surface area contributed by atoms with Crippen molar-refractivity contribution in [2.24, 2.45) is 85.8 Å². The molecule has 0 aliphatic carbocycles. The number of aromatic hydroxyl groups is 1. The van der Waals surface area contributed by atoms with Crippen LogP contribution in [-0.4, -0.2) is 178 Å². The van der Waals surface area contributed by atoms with Crippen LogP contribution in [0, 0.1) is 41.4 Å². The lowest BCUT2D eigenvalue weighted by Gasteiger charge is -2.27. The van der Waals surface area contributed by atoms with E-state index in [4.69, 9.17) is 34.4 Å². The number of hydrogen-bond donors (Lipinski definition) is 15. The molecule has 1 rings (SSSR count). The Hall–Kier alpha value is -7.08. The average Bonchev–Trinajstić information content (AvgIpc) is 1.31. The number of Topliss-reactive ketones (excluding diaryl/α,β-unsaturated/α-hetero) is 5. The number of hydrogen-bond acceptors (Lipinski definition) is 19. The van der Waals surface area contributed by atoms with Crippen LogP contribution in [0.4, 0.5) is 0 Å². The number of carboxylic acids is 1. The summed E-state index contributed by atoms with van der Waals surface area (Å²) in [6.07, 6.45) is -1.46. The summed E-state index contributed by atoms with van der Waals surface area (Å²) in [6.45, 7) is 8.30. The largest absolute Gasteiger partial charge is 0.508 e. The molecule has 90 heavy (non-hydrogen) atoms. The average molecular weight is 1290 g/mol. The number of carbonyl (C=O) groups is 11. The van der Waals surface area contributed by atoms with E-state index in [9.17, 15) is 73.2 Å². The zero-order chi connectivity index (χ0) is 68.2. The number of unbranched alkanes of at least 4 members (excludes halogenated alkanes) is 1. The summed E-state index contributed by atoms with van der Waals surface area (Å²) in [5, 5.41) is 54.8. The minimum atomic E-state index is -1.77. The molecular formula is C61H103N13O15S. The third-order valence-corrected chi connectivity index (χ3v) is 15.8. The smallest absolute Gasteiger partial charge is 0.304 e. The number of ketones is 5. The number of aliphatic carboxylic acids is 1. The van der Waals surface area contributed by atoms with Gasteiger partial charge in [0.2, 0.25) is 29.5 Å². The number of aliphatic imine (C=N–C) groups is 2. The fourth-order valence-corrected chi connectivity index (χ4v) is 10.7. The molecule has 0 saturated heterocycles. The van der Waals surface area contributed by atoms with Crippen molar-refractivity contribution in [3.8, 4) is 5.75 Å². The lowest BCUT2D eigenvalue weighted by molar-refractivity contribution is -0.143. The van der Waals surface area contributed by atoms with Gasteiger partial charge in [0, 0.05) is 68.9 Å². The number of thioether (sulfide) groups is 1. The van der Waals surface area contributed by atoms with E-state index >= 15 is 0 Å². The number of rotatable bonds is 50. The molecule has 11 atom stereocenters. The normalized spacial score (nSPS) is 15.0. The second-order valence-corrected chi connectivity index (χ2v) is 24.9. The minimum absolute atomic E-state index is 0.00619. The number of amides is 5. The van der Waals surface area contributed by atoms with E-state index in [1.807, 2.05) is 27.7 Å². The highest BCUT2D eigenvalue weighted by atomic mass is 32.2. The van der Waals surface area contributed by atoms with Crippen molar-refractivity contribution in [2.45, 2.75) is 180 Å². The van der Waals surface area contributed by atoms with Crippen molar-refractivity contribution in [2.75, 3.05) is 45.3 Å². The molecule has 0 heterocycles. The molecule has 0 spiro atoms. The van der Waals surface area contributed by atoms with Gasteiger partial charge in [0.25, 0.3) is 0 Å². The molecule has 1 aromatic rings. The Kier molecular flexibility index (Phi) is 39.2. The highest BCUT2D eigenvalue weighted by Gasteiger charge is 2.38. The fraction of sp³-hybridized carbons (Fsp3) is 0.689. The summed E-state index contributed by atoms with van der Waals surface area (Å²) in [4.78, 5) is 160. The summed E-state index contributed by atoms with van der Waals surface area (Å²) in [5.41, 5.74) is 33.9. The van der Waals surface area contributed by atoms with Crippen LogP contribution in [0.15, 0.2) is 34.3 Å². The van der Waals surface area contributed by atoms with Gasteiger partial charge in [0.1, 0.15) is 17.8 Å². The SMILES string of the molecule is CN[C@@H](CC(C)C)C(=O)C[C@@H](CCCN=C(N)N)C(=O)N[C@@H](CO)C(=O)C[C@@H](CCSC)C(=O)N[C@H](C(=O)C[C@@H](CC(=O)O)C(=O)N[C@@H](CCCCN)C(=O)C[C@@H](Cc1ccc(O)cc1)C(=O)N[C@@H](CCCN=C(N)N)C(=O)C[C@@H](CC(C)C)C(N)=O)[C@@H](C)O. The van der Waals surface area contributed by atoms with Crippen LogP contribution in [0.5, 0.6) is 5.75 Å². The quantitative estimate of drug-likeness (QED) is 0.0227. The summed E-state index contributed by atoms with van der Waals surface area (Å²) in [5.74, 6) is -14.8. The predicted molar refractivity (Wildman–Crippen MR) is 343 cm³/mol. The van der Waals surface area contributed by atoms with Crippen LogP contribution in [0.25, 0.3) is 0 Å². The van der Waals surface area contributed by atoms with Gasteiger partial charge >= 0.3 is 5.97 Å². The van der Waals surface area contributed by atoms with Crippen LogP contribution in [-0.2, 0) is 59.2 Å². The molecule has 0 radical (unpaired) electrons. The molecule has 29 heteroatoms. The Morgan fingerprint density at radius 1 is 0.533 bits per heavy atom. The first-order valence-corrected chi connectivity index (χ1v) is 32.2. The number of benzene rings is 1. The Morgan fingerprint density at radius 3 is 1.46 bits per heavy atom. The number of aliphatic hydroxyl groups is 2. The van der Waals surface area contributed by atoms with Gasteiger partial charge in [-0.3, -0.25) is 62.7 Å². The first kappa shape index (κ1) is 80.9. The van der Waals surface area contributed by atoms with E-state index in [1.165, 1.54) is 43.0 Å². The molecular weight excluding hydrogens is 1190 g/mol. The Morgan fingerprint density at radius 2 is 0.978 bits per heavy atom. The summed E-state index contributed by atoms with van der Waals surface area (Å²) >= 11 is 1.32. The first-order chi connectivity index (χ1) is 42.4. The highest BCUT2D eigenvalue weighted by Crippen LogP contribution is 2.24. The lowest BCUT2D eigenvalue weighted by Crippen LogP contribution is -2.52. The van der Waals surface area contributed by atoms with Gasteiger partial charge < -0.3 is 81.4 Å². The standard InChI is InChI=1S/C61H103N13O15S/c1-34(2)24-40(55(63)85)29-48(78)45(14-11-22-70-61(66)67)72-58(88)41(26-37-15-17-43(77)18-16-37)30-49(79)44(13-8-9-20-62)71-59(89)42(32-53(83)84)31-52(82)54(36(5)76)74-57(87)39(19-23-90-7)28-51(81)47(33-75)73-56(86)38(12-10-21-69-60(64)65)27-50(80)46(68-6)25-35(3)4/h15-18,34-36,38-42,44-47,54,68,75-77H,8-14,19-33,62H2,1-7H3,(H2,63,85)(H,71,89)(H,72,88)(H,73,86)(H,74,87)(H,83,84)(H4,64,65,69)(H4,66,67,70)/t36-,38-,39-,40-,41-,42+,44+,45+,46+,47+,54+/m1/s1. The number of carbonyl (C=O) groups excluding carboxylic acids is 10. The zero-order valence-corrected chi connectivity index (χ0v) is 54.2. The van der Waals surface area contributed by atoms with Gasteiger partial charge in [0.05, 0.1) is 43.2 Å². The number of nitrogens with zero attached hydrogens (tertiary/aromatic N) is 2. The molecule has 28 nitrogen and oxygen atoms in total. The molecule has 21 N–H and O–H groups in total. The maximum absolute atomic E-state index is 14.6. The maximum atomic E-state index is 14.6. The first-order valence-electron chi connectivity index (χ1n) is 30.8. The van der Waals surface area contributed by atoms with Gasteiger partial charge in [-0.15, -0.1) is 0 Å². The molecule has 0 saturated carbocycles. The van der Waals surface area contributed by atoms with Crippen molar-refractivity contribution >= 4 is 88.1 Å². The van der Waals surface area contributed by atoms with E-state index in [0.717, 1.165) is 0 Å². The van der Waals surface area contributed by atoms with E-state index in [-0.39, 0.29) is 113 Å². The van der Waals surface area contributed by atoms with Crippen LogP contribution in [0.2, 0.25) is 0 Å². The molecule has 0 aromatic heterocycles. The van der Waals surface area contributed by atoms with Crippen LogP contribution < -0.4 is 61.0 Å². The number of likely N-dealkylation sites (N-methyl/N-ethyl adjacent to an activating group) is 1. The second-order valence-electron chi connectivity index (χ2n) is 23.9. The Labute approximate surface area is 532 Å². The van der Waals surface area contributed by atoms with E-state index in [0.29, 0.717) is 37.0 Å². The van der Waals surface area contributed by atoms with Gasteiger partial charge in [-0.2, -0.15) is 11.8 Å². The third kappa shape index (κ3) is 32.6. The Bertz CT molecular complexity index is 2540. The van der Waals surface area contributed by atoms with Crippen molar-refractivity contribution < 1.29 is 73.2 Å². The number of nitrogens with two attached hydrogens (primary N) is 6. The summed E-state index contributed by atoms with van der Waals surface area (Å²) < 4.78 is 0. The number of aliphatic hydroxyl groups excluding tert-OH is 2. The number of carboxylic acid groups (broad SMARTS) is 1. The number of nitrogens with one attached hydrogen (secondary N) is 5. The van der Waals surface area contributed by atoms with Gasteiger partial charge in [-0.05, 0) is 133 Å². The molecule has 0 aliphatic rings. The molecule has 1 aromatic carbocycles. The second kappa shape index (κ2) is 43.6. The van der Waals surface area contributed by atoms with Gasteiger partial charge in [-0.25, -0.2) is 0 Å². The maximum Gasteiger partial charge on any atom is 0.304 e. The minimum Gasteiger partial charge on any atom is -0.508 e. The summed E-state index contributed by atoms with van der Waals surface area (Å²) in [6, 6.07) is -0.659. The number of guanidine groups is 2. The Balaban J connectivity index is 3.61. The van der Waals surface area contributed by atoms with Crippen molar-refractivity contribution in [1.82, 2.24) is 26.6 Å². The molecule has 0 fully saturated rings. The van der Waals surface area contributed by atoms with E-state index in [1.54, 1.807) is 13.3 Å². The molecule has 5 amide bonds. The van der Waals surface area contributed by atoms with Crippen LogP contribution in [0.1, 0.15) is 143 Å². The monoisotopic (exact) mass is 1290 g/mol. The number of primary amides is 1. The van der Waals surface area contributed by atoms with Gasteiger partial charge in [0.15, 0.2) is 40.8 Å². The molecule has 508 valence electrons. The third-order valence-electron chi connectivity index (χ3n) is 15.2. The number of phenols is 1. The van der Waals surface area contributed by atoms with E-state index < -0.39 is 157 Å². The van der Waals surface area contributed by atoms with Gasteiger partial charge in [-0.1, -0.05) is 39.8 Å². The fourth-order valence-electron chi connectivity index (χ4n) is 10.2. The van der Waals surface area contributed by atoms with E-state index in [2.05, 4.69) is 36.6 Å². The molecule has 0 aliphatic heterocycles. The topological polar surface area (TPSA) is 510 Å². The predicted octanol–water partition coefficient (Wildman–Crippen LogP) is -0.247. The summed E-state index contributed by atoms with van der Waals surface area (Å²) in [7, 11) is 1.63. The number of phenolic OH excluding ortho intramolecular Hbond substituents is 1. The van der Waals surface area contributed by atoms with Crippen molar-refractivity contribution in [3.63, 3.8) is 0 Å². The van der Waals surface area contributed by atoms with Crippen molar-refractivity contribution in [3.05, 3.63) is 29.8 Å².